The summed E-state index contributed by atoms with van der Waals surface area (Å²) in [6, 6.07) is 0. The topological polar surface area (TPSA) is 35.5 Å². The van der Waals surface area contributed by atoms with E-state index in [1.54, 1.807) is 7.11 Å². The molecule has 3 heteroatoms. The maximum absolute atomic E-state index is 11.2. The number of ether oxygens (including phenoxy) is 2. The number of carbonyl (C=O) groups excluding carboxylic acids is 1. The van der Waals surface area contributed by atoms with E-state index in [9.17, 15) is 4.79 Å². The molecule has 0 aliphatic heterocycles. The highest BCUT2D eigenvalue weighted by molar-refractivity contribution is 5.69. The lowest BCUT2D eigenvalue weighted by Crippen LogP contribution is -2.12. The molecule has 0 aromatic carbocycles. The number of hydrogen-bond donors (Lipinski definition) is 0. The molecular formula is C11H22O3. The molecule has 3 nitrogen and oxygen atoms in total. The van der Waals surface area contributed by atoms with E-state index in [2.05, 4.69) is 13.8 Å². The van der Waals surface area contributed by atoms with Gasteiger partial charge in [-0.05, 0) is 25.7 Å². The Morgan fingerprint density at radius 1 is 1.21 bits per heavy atom. The third kappa shape index (κ3) is 8.05. The van der Waals surface area contributed by atoms with Crippen molar-refractivity contribution >= 4 is 5.97 Å². The van der Waals surface area contributed by atoms with Gasteiger partial charge in [0.2, 0.25) is 0 Å². The summed E-state index contributed by atoms with van der Waals surface area (Å²) >= 11 is 0. The van der Waals surface area contributed by atoms with Gasteiger partial charge in [-0.1, -0.05) is 13.8 Å². The van der Waals surface area contributed by atoms with Crippen molar-refractivity contribution in [2.24, 2.45) is 5.92 Å². The average Bonchev–Trinajstić information content (AvgIpc) is 2.13. The number of carbonyl (C=O) groups is 1. The molecule has 1 unspecified atom stereocenters. The molecule has 0 rings (SSSR count). The lowest BCUT2D eigenvalue weighted by Gasteiger charge is -2.09. The first-order valence-electron chi connectivity index (χ1n) is 5.24. The van der Waals surface area contributed by atoms with Crippen LogP contribution in [0.25, 0.3) is 0 Å². The molecule has 0 bridgehead atoms. The molecule has 0 saturated heterocycles. The van der Waals surface area contributed by atoms with Crippen LogP contribution in [0.2, 0.25) is 0 Å². The molecule has 0 amide bonds. The summed E-state index contributed by atoms with van der Waals surface area (Å²) in [5.41, 5.74) is 0. The molecule has 1 atom stereocenters. The Balaban J connectivity index is 3.37. The maximum Gasteiger partial charge on any atom is 0.305 e. The highest BCUT2D eigenvalue weighted by atomic mass is 16.5. The summed E-state index contributed by atoms with van der Waals surface area (Å²) in [6.07, 6.45) is 2.25. The van der Waals surface area contributed by atoms with Gasteiger partial charge >= 0.3 is 5.97 Å². The second-order valence-corrected chi connectivity index (χ2v) is 3.99. The monoisotopic (exact) mass is 202 g/mol. The second kappa shape index (κ2) is 7.80. The van der Waals surface area contributed by atoms with Crippen LogP contribution in [0, 0.1) is 5.92 Å². The smallest absolute Gasteiger partial charge is 0.305 e. The first-order chi connectivity index (χ1) is 6.56. The second-order valence-electron chi connectivity index (χ2n) is 3.99. The molecule has 0 spiro atoms. The molecule has 0 radical (unpaired) electrons. The Morgan fingerprint density at radius 2 is 1.86 bits per heavy atom. The van der Waals surface area contributed by atoms with Crippen LogP contribution in [0.3, 0.4) is 0 Å². The van der Waals surface area contributed by atoms with Gasteiger partial charge in [-0.3, -0.25) is 4.79 Å². The summed E-state index contributed by atoms with van der Waals surface area (Å²) in [4.78, 5) is 11.2. The molecule has 0 aromatic heterocycles. The van der Waals surface area contributed by atoms with Gasteiger partial charge in [0.05, 0.1) is 12.7 Å². The van der Waals surface area contributed by atoms with E-state index >= 15 is 0 Å². The van der Waals surface area contributed by atoms with E-state index in [1.165, 1.54) is 0 Å². The van der Waals surface area contributed by atoms with Crippen molar-refractivity contribution < 1.29 is 14.3 Å². The van der Waals surface area contributed by atoms with E-state index in [0.717, 1.165) is 12.8 Å². The Kier molecular flexibility index (Phi) is 7.48. The van der Waals surface area contributed by atoms with Gasteiger partial charge in [0.1, 0.15) is 0 Å². The van der Waals surface area contributed by atoms with Crippen LogP contribution in [0.5, 0.6) is 0 Å². The van der Waals surface area contributed by atoms with Gasteiger partial charge in [0.15, 0.2) is 0 Å². The van der Waals surface area contributed by atoms with Crippen molar-refractivity contribution in [2.45, 2.75) is 46.1 Å². The van der Waals surface area contributed by atoms with E-state index in [1.807, 2.05) is 6.92 Å². The third-order valence-corrected chi connectivity index (χ3v) is 2.12. The highest BCUT2D eigenvalue weighted by Gasteiger charge is 2.06. The molecule has 0 aromatic rings. The van der Waals surface area contributed by atoms with Crippen molar-refractivity contribution in [3.8, 4) is 0 Å². The molecule has 0 heterocycles. The SMILES string of the molecule is COC(C)CCC(=O)OCCC(C)C. The van der Waals surface area contributed by atoms with Crippen molar-refractivity contribution in [3.05, 3.63) is 0 Å². The predicted octanol–water partition coefficient (Wildman–Crippen LogP) is 2.39. The molecule has 0 N–H and O–H groups in total. The Bertz CT molecular complexity index is 155. The molecule has 0 saturated carbocycles. The van der Waals surface area contributed by atoms with E-state index in [4.69, 9.17) is 9.47 Å². The van der Waals surface area contributed by atoms with Crippen LogP contribution < -0.4 is 0 Å². The lowest BCUT2D eigenvalue weighted by molar-refractivity contribution is -0.144. The maximum atomic E-state index is 11.2. The minimum atomic E-state index is -0.116. The van der Waals surface area contributed by atoms with Crippen LogP contribution in [0.15, 0.2) is 0 Å². The standard InChI is InChI=1S/C11H22O3/c1-9(2)7-8-14-11(12)6-5-10(3)13-4/h9-10H,5-8H2,1-4H3. The zero-order valence-electron chi connectivity index (χ0n) is 9.71. The van der Waals surface area contributed by atoms with Gasteiger partial charge in [-0.15, -0.1) is 0 Å². The van der Waals surface area contributed by atoms with Gasteiger partial charge in [-0.2, -0.15) is 0 Å². The number of methoxy groups -OCH3 is 1. The third-order valence-electron chi connectivity index (χ3n) is 2.12. The molecular weight excluding hydrogens is 180 g/mol. The molecule has 14 heavy (non-hydrogen) atoms. The number of rotatable bonds is 7. The van der Waals surface area contributed by atoms with Crippen molar-refractivity contribution in [1.82, 2.24) is 0 Å². The molecule has 0 aliphatic carbocycles. The first kappa shape index (κ1) is 13.4. The zero-order valence-corrected chi connectivity index (χ0v) is 9.71. The number of hydrogen-bond acceptors (Lipinski definition) is 3. The summed E-state index contributed by atoms with van der Waals surface area (Å²) in [5, 5.41) is 0. The predicted molar refractivity (Wildman–Crippen MR) is 56.1 cm³/mol. The Labute approximate surface area is 86.8 Å². The van der Waals surface area contributed by atoms with Gasteiger partial charge in [0, 0.05) is 13.5 Å². The van der Waals surface area contributed by atoms with Crippen molar-refractivity contribution in [1.29, 1.82) is 0 Å². The summed E-state index contributed by atoms with van der Waals surface area (Å²) in [5.74, 6) is 0.468. The molecule has 84 valence electrons. The quantitative estimate of drug-likeness (QED) is 0.595. The Morgan fingerprint density at radius 3 is 2.36 bits per heavy atom. The fourth-order valence-corrected chi connectivity index (χ4v) is 0.920. The largest absolute Gasteiger partial charge is 0.466 e. The minimum absolute atomic E-state index is 0.116. The summed E-state index contributed by atoms with van der Waals surface area (Å²) in [7, 11) is 1.65. The fraction of sp³-hybridized carbons (Fsp3) is 0.909. The van der Waals surface area contributed by atoms with Crippen LogP contribution >= 0.6 is 0 Å². The van der Waals surface area contributed by atoms with Gasteiger partial charge < -0.3 is 9.47 Å². The van der Waals surface area contributed by atoms with E-state index in [-0.39, 0.29) is 12.1 Å². The summed E-state index contributed by atoms with van der Waals surface area (Å²) in [6.45, 7) is 6.71. The molecule has 0 fully saturated rings. The fourth-order valence-electron chi connectivity index (χ4n) is 0.920. The highest BCUT2D eigenvalue weighted by Crippen LogP contribution is 2.03. The Hall–Kier alpha value is -0.570. The van der Waals surface area contributed by atoms with Crippen LogP contribution in [0.1, 0.15) is 40.0 Å². The van der Waals surface area contributed by atoms with E-state index in [0.29, 0.717) is 18.9 Å². The normalized spacial score (nSPS) is 12.9. The molecule has 0 aliphatic rings. The van der Waals surface area contributed by atoms with E-state index < -0.39 is 0 Å². The zero-order chi connectivity index (χ0) is 11.0. The van der Waals surface area contributed by atoms with Crippen LogP contribution in [-0.4, -0.2) is 25.8 Å². The average molecular weight is 202 g/mol. The van der Waals surface area contributed by atoms with Crippen LogP contribution in [-0.2, 0) is 14.3 Å². The van der Waals surface area contributed by atoms with Crippen molar-refractivity contribution in [3.63, 3.8) is 0 Å². The first-order valence-corrected chi connectivity index (χ1v) is 5.24. The van der Waals surface area contributed by atoms with Crippen molar-refractivity contribution in [2.75, 3.05) is 13.7 Å². The van der Waals surface area contributed by atoms with Gasteiger partial charge in [-0.25, -0.2) is 0 Å². The lowest BCUT2D eigenvalue weighted by atomic mass is 10.1. The summed E-state index contributed by atoms with van der Waals surface area (Å²) < 4.78 is 10.1. The van der Waals surface area contributed by atoms with Crippen LogP contribution in [0.4, 0.5) is 0 Å². The minimum Gasteiger partial charge on any atom is -0.466 e. The van der Waals surface area contributed by atoms with Gasteiger partial charge in [0.25, 0.3) is 0 Å². The number of esters is 1.